The minimum Gasteiger partial charge on any atom is -0.396 e. The second kappa shape index (κ2) is 11.1. The number of nitrogens with one attached hydrogen (secondary N) is 1. The fourth-order valence-electron chi connectivity index (χ4n) is 6.34. The van der Waals surface area contributed by atoms with Crippen LogP contribution in [-0.2, 0) is 41.4 Å². The number of aryl methyl sites for hydroxylation is 1. The summed E-state index contributed by atoms with van der Waals surface area (Å²) in [5, 5.41) is 10.3. The van der Waals surface area contributed by atoms with Crippen molar-refractivity contribution in [3.05, 3.63) is 33.7 Å². The smallest absolute Gasteiger partial charge is 0.396 e. The van der Waals surface area contributed by atoms with Gasteiger partial charge < -0.3 is 39.8 Å². The van der Waals surface area contributed by atoms with Gasteiger partial charge in [0.15, 0.2) is 23.2 Å². The van der Waals surface area contributed by atoms with Crippen molar-refractivity contribution in [3.8, 4) is 0 Å². The van der Waals surface area contributed by atoms with Crippen molar-refractivity contribution in [3.63, 3.8) is 0 Å². The third kappa shape index (κ3) is 5.16. The van der Waals surface area contributed by atoms with Gasteiger partial charge in [0.1, 0.15) is 53.2 Å². The number of phosphoric acid groups is 2. The summed E-state index contributed by atoms with van der Waals surface area (Å²) in [5.41, 5.74) is 4.37. The Kier molecular flexibility index (Phi) is 7.43. The molecule has 8 heterocycles. The Labute approximate surface area is 266 Å². The summed E-state index contributed by atoms with van der Waals surface area (Å²) >= 11 is 0.840. The van der Waals surface area contributed by atoms with E-state index in [1.54, 1.807) is 6.92 Å². The van der Waals surface area contributed by atoms with E-state index in [2.05, 4.69) is 29.3 Å². The van der Waals surface area contributed by atoms with E-state index in [0.29, 0.717) is 0 Å². The van der Waals surface area contributed by atoms with Crippen molar-refractivity contribution in [1.29, 1.82) is 0 Å². The molecule has 0 aromatic carbocycles. The molecule has 0 aliphatic carbocycles. The molecule has 0 amide bonds. The minimum atomic E-state index is -5.03. The largest absolute Gasteiger partial charge is 0.472 e. The lowest BCUT2D eigenvalue weighted by molar-refractivity contribution is -0.184. The number of aliphatic hydroxyl groups excluding tert-OH is 1. The number of aliphatic hydroxyl groups is 1. The molecule has 252 valence electrons. The van der Waals surface area contributed by atoms with Crippen molar-refractivity contribution in [2.45, 2.75) is 49.3 Å². The SMILES string of the molecule is Cc1nc2c([C@@H]3O[C@@H]4COP(=O)(O)O[C@H]5[C@H]6OC[C@]5(COP(=O)(O)O[C@@H]3[C@@H]4CO)O[C@H]6n3cnc4c(N)ncnc43)snc2c(=O)[nH]1. The minimum absolute atomic E-state index is 0.00187. The molecule has 4 fully saturated rings. The van der Waals surface area contributed by atoms with E-state index < -0.39 is 89.3 Å². The molecule has 0 spiro atoms. The maximum atomic E-state index is 13.6. The number of nitrogens with two attached hydrogens (primary N) is 1. The highest BCUT2D eigenvalue weighted by Gasteiger charge is 2.66. The number of fused-ring (bicyclic) bond motifs is 4. The zero-order valence-electron chi connectivity index (χ0n) is 24.0. The first-order chi connectivity index (χ1) is 22.4. The number of aromatic nitrogens is 7. The molecule has 0 saturated carbocycles. The number of ether oxygens (including phenoxy) is 3. The summed E-state index contributed by atoms with van der Waals surface area (Å²) in [4.78, 5) is 53.9. The quantitative estimate of drug-likeness (QED) is 0.172. The highest BCUT2D eigenvalue weighted by Crippen LogP contribution is 2.59. The van der Waals surface area contributed by atoms with Crippen molar-refractivity contribution in [1.82, 2.24) is 33.9 Å². The van der Waals surface area contributed by atoms with Crippen LogP contribution in [0.15, 0.2) is 17.4 Å². The summed E-state index contributed by atoms with van der Waals surface area (Å²) in [6.45, 7) is -0.702. The standard InChI is InChI=1S/C23H26N8O13P2S/c1-8-28-11-12(21(33)29-8)30-47-17(11)15-14-9(2-32)10(41-15)3-39-45(34,35)44-18-16-22(31-7-27-13-19(24)25-6-26-20(13)31)42-23(18,4-38-16)5-40-46(36,37)43-14/h6-7,9-10,14-16,18,22,32H,2-5H2,1H3,(H,34,35)(H,36,37)(H2,24,25,26)(H,28,29,33)/t9-,10-,14-,15-,16-,18+,22-,23-/m1/s1. The molecule has 4 saturated heterocycles. The number of anilines is 1. The number of hydrogen-bond acceptors (Lipinski definition) is 18. The molecule has 21 nitrogen and oxygen atoms in total. The van der Waals surface area contributed by atoms with Crippen LogP contribution in [0.4, 0.5) is 5.82 Å². The third-order valence-electron chi connectivity index (χ3n) is 8.48. The van der Waals surface area contributed by atoms with Gasteiger partial charge in [-0.05, 0) is 18.5 Å². The Morgan fingerprint density at radius 3 is 2.72 bits per heavy atom. The molecule has 8 rings (SSSR count). The normalized spacial score (nSPS) is 39.1. The van der Waals surface area contributed by atoms with E-state index in [1.165, 1.54) is 17.2 Å². The predicted molar refractivity (Wildman–Crippen MR) is 155 cm³/mol. The van der Waals surface area contributed by atoms with Crippen LogP contribution in [-0.4, -0.2) is 105 Å². The van der Waals surface area contributed by atoms with Crippen LogP contribution < -0.4 is 11.3 Å². The monoisotopic (exact) mass is 716 g/mol. The van der Waals surface area contributed by atoms with E-state index in [-0.39, 0.29) is 45.3 Å². The number of aromatic amines is 1. The fourth-order valence-corrected chi connectivity index (χ4v) is 9.23. The van der Waals surface area contributed by atoms with Gasteiger partial charge in [-0.1, -0.05) is 0 Å². The summed E-state index contributed by atoms with van der Waals surface area (Å²) < 4.78 is 73.0. The van der Waals surface area contributed by atoms with Gasteiger partial charge in [0.05, 0.1) is 43.7 Å². The maximum absolute atomic E-state index is 13.6. The van der Waals surface area contributed by atoms with Gasteiger partial charge in [-0.15, -0.1) is 0 Å². The van der Waals surface area contributed by atoms with E-state index in [0.717, 1.165) is 11.5 Å². The van der Waals surface area contributed by atoms with Gasteiger partial charge >= 0.3 is 15.6 Å². The van der Waals surface area contributed by atoms with E-state index in [4.69, 9.17) is 38.0 Å². The molecular formula is C23H26N8O13P2S. The van der Waals surface area contributed by atoms with Crippen LogP contribution >= 0.6 is 27.2 Å². The second-order valence-electron chi connectivity index (χ2n) is 11.4. The van der Waals surface area contributed by atoms with Crippen molar-refractivity contribution >= 4 is 55.2 Å². The number of rotatable bonds is 3. The van der Waals surface area contributed by atoms with Gasteiger partial charge in [-0.3, -0.25) is 27.5 Å². The summed E-state index contributed by atoms with van der Waals surface area (Å²) in [7, 11) is -9.97. The Balaban J connectivity index is 1.15. The molecule has 2 unspecified atom stereocenters. The first-order valence-corrected chi connectivity index (χ1v) is 17.8. The predicted octanol–water partition coefficient (Wildman–Crippen LogP) is -0.157. The molecule has 4 aromatic rings. The molecule has 6 N–H and O–H groups in total. The Bertz CT molecular complexity index is 2040. The van der Waals surface area contributed by atoms with E-state index in [9.17, 15) is 28.8 Å². The van der Waals surface area contributed by atoms with Gasteiger partial charge in [0, 0.05) is 5.92 Å². The first-order valence-electron chi connectivity index (χ1n) is 14.0. The maximum Gasteiger partial charge on any atom is 0.472 e. The topological polar surface area (TPSA) is 288 Å². The lowest BCUT2D eigenvalue weighted by atomic mass is 9.96. The summed E-state index contributed by atoms with van der Waals surface area (Å²) in [5.74, 6) is -0.702. The van der Waals surface area contributed by atoms with Crippen molar-refractivity contribution in [2.75, 3.05) is 32.2 Å². The number of nitrogen functional groups attached to an aromatic ring is 1. The van der Waals surface area contributed by atoms with E-state index >= 15 is 0 Å². The lowest BCUT2D eigenvalue weighted by Gasteiger charge is -2.32. The molecule has 10 atom stereocenters. The van der Waals surface area contributed by atoms with Crippen LogP contribution in [0.3, 0.4) is 0 Å². The van der Waals surface area contributed by atoms with Crippen molar-refractivity contribution in [2.24, 2.45) is 5.92 Å². The highest BCUT2D eigenvalue weighted by atomic mass is 32.1. The van der Waals surface area contributed by atoms with Gasteiger partial charge in [-0.2, -0.15) is 4.37 Å². The number of nitrogens with zero attached hydrogens (tertiary/aromatic N) is 6. The molecule has 4 aromatic heterocycles. The summed E-state index contributed by atoms with van der Waals surface area (Å²) in [6, 6.07) is 0. The Hall–Kier alpha value is -2.82. The van der Waals surface area contributed by atoms with Gasteiger partial charge in [-0.25, -0.2) is 29.1 Å². The van der Waals surface area contributed by atoms with Crippen LogP contribution in [0.2, 0.25) is 0 Å². The molecule has 4 bridgehead atoms. The average Bonchev–Trinajstić information content (AvgIpc) is 3.82. The molecule has 24 heteroatoms. The number of phosphoric ester groups is 2. The third-order valence-corrected chi connectivity index (χ3v) is 11.3. The van der Waals surface area contributed by atoms with E-state index in [1.807, 2.05) is 0 Å². The Morgan fingerprint density at radius 1 is 1.11 bits per heavy atom. The van der Waals surface area contributed by atoms with Crippen LogP contribution in [0.25, 0.3) is 22.2 Å². The number of imidazole rings is 1. The highest BCUT2D eigenvalue weighted by molar-refractivity contribution is 7.47. The molecular weight excluding hydrogens is 690 g/mol. The second-order valence-corrected chi connectivity index (χ2v) is 15.0. The zero-order chi connectivity index (χ0) is 32.9. The zero-order valence-corrected chi connectivity index (χ0v) is 26.6. The van der Waals surface area contributed by atoms with Crippen molar-refractivity contribution < 1.29 is 56.3 Å². The Morgan fingerprint density at radius 2 is 1.91 bits per heavy atom. The molecule has 47 heavy (non-hydrogen) atoms. The summed E-state index contributed by atoms with van der Waals surface area (Å²) in [6.07, 6.45) is -4.70. The number of hydrogen-bond donors (Lipinski definition) is 5. The van der Waals surface area contributed by atoms with Gasteiger partial charge in [0.25, 0.3) is 5.56 Å². The number of H-pyrrole nitrogens is 1. The first kappa shape index (κ1) is 31.4. The van der Waals surface area contributed by atoms with Crippen LogP contribution in [0.5, 0.6) is 0 Å². The van der Waals surface area contributed by atoms with Gasteiger partial charge in [0.2, 0.25) is 0 Å². The molecule has 4 aliphatic rings. The van der Waals surface area contributed by atoms with Crippen LogP contribution in [0, 0.1) is 12.8 Å². The molecule has 0 radical (unpaired) electrons. The fraction of sp³-hybridized carbons (Fsp3) is 0.565. The van der Waals surface area contributed by atoms with Crippen LogP contribution in [0.1, 0.15) is 23.0 Å². The average molecular weight is 717 g/mol. The molecule has 4 aliphatic heterocycles. The lowest BCUT2D eigenvalue weighted by Crippen LogP contribution is -2.45.